The van der Waals surface area contributed by atoms with Gasteiger partial charge in [-0.3, -0.25) is 0 Å². The molecule has 1 aromatic heterocycles. The maximum Gasteiger partial charge on any atom is 0.147 e. The number of hydrogen-bond acceptors (Lipinski definition) is 3. The van der Waals surface area contributed by atoms with Gasteiger partial charge in [-0.1, -0.05) is 25.4 Å². The summed E-state index contributed by atoms with van der Waals surface area (Å²) in [4.78, 5) is 6.72. The zero-order valence-corrected chi connectivity index (χ0v) is 13.2. The monoisotopic (exact) mass is 334 g/mol. The van der Waals surface area contributed by atoms with Crippen LogP contribution in [0.15, 0.2) is 16.7 Å². The van der Waals surface area contributed by atoms with Crippen molar-refractivity contribution < 1.29 is 0 Å². The van der Waals surface area contributed by atoms with E-state index in [-0.39, 0.29) is 0 Å². The van der Waals surface area contributed by atoms with Gasteiger partial charge in [0.25, 0.3) is 0 Å². The summed E-state index contributed by atoms with van der Waals surface area (Å²) >= 11 is 11.7. The minimum absolute atomic E-state index is 0.358. The topological polar surface area (TPSA) is 16.1 Å². The smallest absolute Gasteiger partial charge is 0.147 e. The van der Waals surface area contributed by atoms with E-state index in [1.165, 1.54) is 0 Å². The maximum absolute atomic E-state index is 6.25. The summed E-state index contributed by atoms with van der Waals surface area (Å²) in [6.45, 7) is 6.65. The zero-order valence-electron chi connectivity index (χ0n) is 10.0. The number of pyridine rings is 1. The fraction of sp³-hybridized carbons (Fsp3) is 0.583. The first kappa shape index (κ1) is 13.5. The van der Waals surface area contributed by atoms with Gasteiger partial charge in [-0.2, -0.15) is 11.8 Å². The van der Waals surface area contributed by atoms with Crippen LogP contribution in [-0.4, -0.2) is 28.6 Å². The Morgan fingerprint density at radius 3 is 2.94 bits per heavy atom. The Hall–Kier alpha value is 0.0700. The van der Waals surface area contributed by atoms with Crippen LogP contribution in [0.4, 0.5) is 5.82 Å². The van der Waals surface area contributed by atoms with Crippen LogP contribution in [0.3, 0.4) is 0 Å². The quantitative estimate of drug-likeness (QED) is 0.764. The molecule has 0 amide bonds. The molecule has 0 N–H and O–H groups in total. The lowest BCUT2D eigenvalue weighted by atomic mass is 10.1. The van der Waals surface area contributed by atoms with Crippen LogP contribution in [-0.2, 0) is 0 Å². The van der Waals surface area contributed by atoms with Crippen LogP contribution in [0.25, 0.3) is 0 Å². The van der Waals surface area contributed by atoms with Crippen molar-refractivity contribution in [2.75, 3.05) is 23.7 Å². The lowest BCUT2D eigenvalue weighted by Crippen LogP contribution is -2.28. The molecule has 0 atom stereocenters. The Balaban J connectivity index is 2.17. The number of hydrogen-bond donors (Lipinski definition) is 0. The molecule has 94 valence electrons. The number of rotatable bonds is 1. The van der Waals surface area contributed by atoms with E-state index in [9.17, 15) is 0 Å². The highest BCUT2D eigenvalue weighted by Gasteiger charge is 2.25. The summed E-state index contributed by atoms with van der Waals surface area (Å²) in [5.74, 6) is 2.04. The lowest BCUT2D eigenvalue weighted by molar-refractivity contribution is 0.635. The third kappa shape index (κ3) is 3.52. The van der Waals surface area contributed by atoms with Crippen LogP contribution in [0, 0.1) is 0 Å². The average molecular weight is 336 g/mol. The predicted molar refractivity (Wildman–Crippen MR) is 80.3 cm³/mol. The molecule has 0 saturated carbocycles. The maximum atomic E-state index is 6.25. The van der Waals surface area contributed by atoms with Crippen molar-refractivity contribution in [2.24, 2.45) is 0 Å². The molecule has 17 heavy (non-hydrogen) atoms. The summed E-state index contributed by atoms with van der Waals surface area (Å²) in [7, 11) is 0. The van der Waals surface area contributed by atoms with Gasteiger partial charge in [0.05, 0.1) is 5.02 Å². The van der Waals surface area contributed by atoms with Crippen molar-refractivity contribution in [1.82, 2.24) is 4.98 Å². The van der Waals surface area contributed by atoms with Crippen molar-refractivity contribution in [1.29, 1.82) is 0 Å². The molecule has 1 aromatic rings. The number of thioether (sulfide) groups is 1. The summed E-state index contributed by atoms with van der Waals surface area (Å²) in [5.41, 5.74) is 0. The van der Waals surface area contributed by atoms with Gasteiger partial charge in [0.1, 0.15) is 5.82 Å². The molecular weight excluding hydrogens is 320 g/mol. The lowest BCUT2D eigenvalue weighted by Gasteiger charge is -2.24. The molecule has 0 bridgehead atoms. The first-order valence-corrected chi connectivity index (χ1v) is 7.83. The fourth-order valence-corrected chi connectivity index (χ4v) is 3.72. The van der Waals surface area contributed by atoms with Gasteiger partial charge in [0.2, 0.25) is 0 Å². The minimum atomic E-state index is 0.358. The fourth-order valence-electron chi connectivity index (χ4n) is 1.87. The van der Waals surface area contributed by atoms with E-state index in [0.29, 0.717) is 4.75 Å². The number of halogens is 2. The molecule has 1 fully saturated rings. The number of anilines is 1. The van der Waals surface area contributed by atoms with Crippen molar-refractivity contribution >= 4 is 45.1 Å². The summed E-state index contributed by atoms with van der Waals surface area (Å²) in [6.07, 6.45) is 2.97. The normalized spacial score (nSPS) is 20.1. The minimum Gasteiger partial charge on any atom is -0.355 e. The van der Waals surface area contributed by atoms with Crippen LogP contribution in [0.5, 0.6) is 0 Å². The molecule has 1 saturated heterocycles. The zero-order chi connectivity index (χ0) is 12.5. The molecule has 0 radical (unpaired) electrons. The van der Waals surface area contributed by atoms with Gasteiger partial charge in [0, 0.05) is 34.3 Å². The highest BCUT2D eigenvalue weighted by atomic mass is 79.9. The summed E-state index contributed by atoms with van der Waals surface area (Å²) in [5, 5.41) is 0.726. The molecule has 0 aromatic carbocycles. The van der Waals surface area contributed by atoms with Crippen LogP contribution < -0.4 is 4.90 Å². The Kier molecular flexibility index (Phi) is 4.26. The molecule has 0 spiro atoms. The van der Waals surface area contributed by atoms with Gasteiger partial charge < -0.3 is 4.90 Å². The first-order valence-electron chi connectivity index (χ1n) is 5.68. The van der Waals surface area contributed by atoms with Gasteiger partial charge in [0.15, 0.2) is 0 Å². The Bertz CT molecular complexity index is 411. The second-order valence-corrected chi connectivity index (χ2v) is 7.93. The van der Waals surface area contributed by atoms with E-state index in [2.05, 4.69) is 39.7 Å². The summed E-state index contributed by atoms with van der Waals surface area (Å²) in [6, 6.07) is 1.91. The molecule has 5 heteroatoms. The highest BCUT2D eigenvalue weighted by Crippen LogP contribution is 2.34. The van der Waals surface area contributed by atoms with Crippen LogP contribution in [0.1, 0.15) is 20.3 Å². The van der Waals surface area contributed by atoms with Crippen molar-refractivity contribution in [3.05, 3.63) is 21.8 Å². The molecule has 0 aliphatic carbocycles. The third-order valence-corrected chi connectivity index (χ3v) is 5.01. The van der Waals surface area contributed by atoms with Gasteiger partial charge >= 0.3 is 0 Å². The molecule has 0 unspecified atom stereocenters. The molecule has 2 rings (SSSR count). The first-order chi connectivity index (χ1) is 7.98. The van der Waals surface area contributed by atoms with Gasteiger partial charge in [-0.15, -0.1) is 0 Å². The molecule has 2 heterocycles. The average Bonchev–Trinajstić information content (AvgIpc) is 2.40. The molecular formula is C12H16BrClN2S. The Morgan fingerprint density at radius 1 is 1.47 bits per heavy atom. The van der Waals surface area contributed by atoms with Gasteiger partial charge in [-0.05, 0) is 28.4 Å². The van der Waals surface area contributed by atoms with Crippen LogP contribution >= 0.6 is 39.3 Å². The van der Waals surface area contributed by atoms with E-state index >= 15 is 0 Å². The SMILES string of the molecule is CC1(C)CCN(c2ncc(Br)cc2Cl)CCS1. The van der Waals surface area contributed by atoms with E-state index in [1.54, 1.807) is 0 Å². The molecule has 1 aliphatic rings. The van der Waals surface area contributed by atoms with Crippen LogP contribution in [0.2, 0.25) is 5.02 Å². The van der Waals surface area contributed by atoms with Crippen molar-refractivity contribution in [3.63, 3.8) is 0 Å². The van der Waals surface area contributed by atoms with Crippen molar-refractivity contribution in [2.45, 2.75) is 25.0 Å². The largest absolute Gasteiger partial charge is 0.355 e. The number of aromatic nitrogens is 1. The highest BCUT2D eigenvalue weighted by molar-refractivity contribution is 9.10. The Morgan fingerprint density at radius 2 is 2.24 bits per heavy atom. The predicted octanol–water partition coefficient (Wildman–Crippen LogP) is 4.22. The van der Waals surface area contributed by atoms with E-state index < -0.39 is 0 Å². The second-order valence-electron chi connectivity index (χ2n) is 4.80. The Labute approximate surface area is 120 Å². The third-order valence-electron chi connectivity index (χ3n) is 2.93. The van der Waals surface area contributed by atoms with E-state index in [0.717, 1.165) is 40.6 Å². The van der Waals surface area contributed by atoms with Gasteiger partial charge in [-0.25, -0.2) is 4.98 Å². The molecule has 1 aliphatic heterocycles. The summed E-state index contributed by atoms with van der Waals surface area (Å²) < 4.78 is 1.28. The molecule has 2 nitrogen and oxygen atoms in total. The van der Waals surface area contributed by atoms with E-state index in [1.807, 2.05) is 24.0 Å². The standard InChI is InChI=1S/C12H16BrClN2S/c1-12(2)3-4-16(5-6-17-12)11-10(14)7-9(13)8-15-11/h7-8H,3-6H2,1-2H3. The second kappa shape index (κ2) is 5.37. The van der Waals surface area contributed by atoms with Crippen molar-refractivity contribution in [3.8, 4) is 0 Å². The van der Waals surface area contributed by atoms with E-state index in [4.69, 9.17) is 11.6 Å². The number of nitrogens with zero attached hydrogens (tertiary/aromatic N) is 2.